The van der Waals surface area contributed by atoms with Crippen molar-refractivity contribution in [3.8, 4) is 0 Å². The van der Waals surface area contributed by atoms with E-state index in [1.165, 1.54) is 0 Å². The molecule has 1 aliphatic heterocycles. The number of fused-ring (bicyclic) bond motifs is 1. The normalized spacial score (nSPS) is 36.8. The van der Waals surface area contributed by atoms with Gasteiger partial charge in [0.05, 0.1) is 12.2 Å². The molecule has 2 rings (SSSR count). The zero-order valence-electron chi connectivity index (χ0n) is 15.0. The summed E-state index contributed by atoms with van der Waals surface area (Å²) in [5.41, 5.74) is 0. The lowest BCUT2D eigenvalue weighted by Gasteiger charge is -2.21. The van der Waals surface area contributed by atoms with Gasteiger partial charge in [-0.15, -0.1) is 0 Å². The molecule has 1 aliphatic carbocycles. The van der Waals surface area contributed by atoms with Crippen LogP contribution in [0.3, 0.4) is 0 Å². The summed E-state index contributed by atoms with van der Waals surface area (Å²) in [6, 6.07) is 0. The van der Waals surface area contributed by atoms with Crippen LogP contribution in [-0.4, -0.2) is 34.5 Å². The highest BCUT2D eigenvalue weighted by Gasteiger charge is 2.39. The highest BCUT2D eigenvalue weighted by atomic mass is 16.5. The maximum atomic E-state index is 12.0. The van der Waals surface area contributed by atoms with Crippen molar-refractivity contribution in [2.45, 2.75) is 95.9 Å². The van der Waals surface area contributed by atoms with E-state index in [2.05, 4.69) is 6.92 Å². The summed E-state index contributed by atoms with van der Waals surface area (Å²) in [6.45, 7) is 2.16. The fraction of sp³-hybridized carbons (Fsp3) is 0.850. The molecule has 1 fully saturated rings. The van der Waals surface area contributed by atoms with Crippen molar-refractivity contribution < 1.29 is 19.7 Å². The zero-order chi connectivity index (χ0) is 17.4. The van der Waals surface area contributed by atoms with E-state index in [9.17, 15) is 15.0 Å². The quantitative estimate of drug-likeness (QED) is 0.465. The van der Waals surface area contributed by atoms with Crippen molar-refractivity contribution in [1.82, 2.24) is 0 Å². The molecule has 2 aliphatic rings. The Labute approximate surface area is 146 Å². The van der Waals surface area contributed by atoms with Crippen molar-refractivity contribution >= 4 is 5.97 Å². The molecule has 4 nitrogen and oxygen atoms in total. The maximum absolute atomic E-state index is 12.0. The Morgan fingerprint density at radius 1 is 1.08 bits per heavy atom. The van der Waals surface area contributed by atoms with Gasteiger partial charge in [0.1, 0.15) is 6.10 Å². The smallest absolute Gasteiger partial charge is 0.306 e. The zero-order valence-corrected chi connectivity index (χ0v) is 15.0. The van der Waals surface area contributed by atoms with Gasteiger partial charge in [0.25, 0.3) is 0 Å². The summed E-state index contributed by atoms with van der Waals surface area (Å²) < 4.78 is 5.65. The van der Waals surface area contributed by atoms with Gasteiger partial charge >= 0.3 is 5.97 Å². The second-order valence-corrected chi connectivity index (χ2v) is 7.47. The third-order valence-corrected chi connectivity index (χ3v) is 5.51. The van der Waals surface area contributed by atoms with Crippen LogP contribution in [-0.2, 0) is 9.53 Å². The topological polar surface area (TPSA) is 66.8 Å². The molecule has 1 heterocycles. The highest BCUT2D eigenvalue weighted by Crippen LogP contribution is 2.37. The summed E-state index contributed by atoms with van der Waals surface area (Å²) in [5.74, 6) is 0.000997. The molecule has 138 valence electrons. The average molecular weight is 338 g/mol. The van der Waals surface area contributed by atoms with E-state index in [-0.39, 0.29) is 23.9 Å². The van der Waals surface area contributed by atoms with Crippen LogP contribution < -0.4 is 0 Å². The summed E-state index contributed by atoms with van der Waals surface area (Å²) >= 11 is 0. The molecule has 0 amide bonds. The summed E-state index contributed by atoms with van der Waals surface area (Å²) in [5, 5.41) is 20.5. The number of ether oxygens (including phenoxy) is 1. The fourth-order valence-electron chi connectivity index (χ4n) is 4.05. The first-order chi connectivity index (χ1) is 11.6. The fourth-order valence-corrected chi connectivity index (χ4v) is 4.05. The molecular formula is C20H34O4. The second kappa shape index (κ2) is 10.2. The molecule has 0 saturated heterocycles. The van der Waals surface area contributed by atoms with Gasteiger partial charge in [-0.25, -0.2) is 0 Å². The highest BCUT2D eigenvalue weighted by molar-refractivity contribution is 5.69. The Bertz CT molecular complexity index is 406. The number of unbranched alkanes of at least 4 members (excludes halogenated alkanes) is 2. The van der Waals surface area contributed by atoms with Gasteiger partial charge in [0.2, 0.25) is 0 Å². The molecule has 0 unspecified atom stereocenters. The van der Waals surface area contributed by atoms with Crippen molar-refractivity contribution in [3.63, 3.8) is 0 Å². The van der Waals surface area contributed by atoms with Gasteiger partial charge in [-0.3, -0.25) is 4.79 Å². The van der Waals surface area contributed by atoms with Crippen LogP contribution >= 0.6 is 0 Å². The van der Waals surface area contributed by atoms with Gasteiger partial charge in [0.15, 0.2) is 0 Å². The lowest BCUT2D eigenvalue weighted by molar-refractivity contribution is -0.147. The van der Waals surface area contributed by atoms with E-state index < -0.39 is 12.2 Å². The van der Waals surface area contributed by atoms with E-state index in [4.69, 9.17) is 4.74 Å². The molecule has 2 N–H and O–H groups in total. The monoisotopic (exact) mass is 338 g/mol. The minimum Gasteiger partial charge on any atom is -0.458 e. The van der Waals surface area contributed by atoms with Gasteiger partial charge < -0.3 is 14.9 Å². The minimum atomic E-state index is -0.488. The number of cyclic esters (lactones) is 1. The molecule has 0 aromatic rings. The van der Waals surface area contributed by atoms with Crippen molar-refractivity contribution in [2.75, 3.05) is 0 Å². The number of carbonyl (C=O) groups is 1. The molecule has 5 atom stereocenters. The van der Waals surface area contributed by atoms with Crippen LogP contribution in [0.25, 0.3) is 0 Å². The van der Waals surface area contributed by atoms with Crippen LogP contribution in [0.4, 0.5) is 0 Å². The second-order valence-electron chi connectivity index (χ2n) is 7.47. The predicted octanol–water partition coefficient (Wildman–Crippen LogP) is 3.75. The van der Waals surface area contributed by atoms with Crippen LogP contribution in [0.1, 0.15) is 77.6 Å². The summed E-state index contributed by atoms with van der Waals surface area (Å²) in [7, 11) is 0. The number of rotatable bonds is 4. The largest absolute Gasteiger partial charge is 0.458 e. The first-order valence-electron chi connectivity index (χ1n) is 9.85. The van der Waals surface area contributed by atoms with Gasteiger partial charge in [-0.1, -0.05) is 45.1 Å². The van der Waals surface area contributed by atoms with Crippen LogP contribution in [0.2, 0.25) is 0 Å². The van der Waals surface area contributed by atoms with Crippen molar-refractivity contribution in [1.29, 1.82) is 0 Å². The molecule has 24 heavy (non-hydrogen) atoms. The van der Waals surface area contributed by atoms with Gasteiger partial charge in [-0.05, 0) is 37.7 Å². The predicted molar refractivity (Wildman–Crippen MR) is 94.5 cm³/mol. The lowest BCUT2D eigenvalue weighted by Crippen LogP contribution is -2.21. The molecule has 1 saturated carbocycles. The molecule has 0 bridgehead atoms. The number of hydrogen-bond acceptors (Lipinski definition) is 4. The summed E-state index contributed by atoms with van der Waals surface area (Å²) in [6.07, 6.45) is 12.9. The van der Waals surface area contributed by atoms with Crippen LogP contribution in [0.15, 0.2) is 12.2 Å². The molecule has 0 radical (unpaired) electrons. The van der Waals surface area contributed by atoms with E-state index in [0.29, 0.717) is 12.8 Å². The number of hydrogen-bond donors (Lipinski definition) is 2. The molecule has 0 spiro atoms. The minimum absolute atomic E-state index is 0.0202. The first kappa shape index (κ1) is 19.5. The van der Waals surface area contributed by atoms with Crippen LogP contribution in [0.5, 0.6) is 0 Å². The SMILES string of the molecule is CCCCC[C@H]1/C=C\[C@@H]2[C@@H](CCCCCCC(=O)O1)[C@@H](O)C[C@H]2O. The Morgan fingerprint density at radius 3 is 2.67 bits per heavy atom. The maximum Gasteiger partial charge on any atom is 0.306 e. The Hall–Kier alpha value is -0.870. The molecule has 0 aromatic heterocycles. The Morgan fingerprint density at radius 2 is 1.88 bits per heavy atom. The number of esters is 1. The lowest BCUT2D eigenvalue weighted by atomic mass is 9.88. The van der Waals surface area contributed by atoms with Crippen molar-refractivity contribution in [2.24, 2.45) is 11.8 Å². The number of carbonyl (C=O) groups excluding carboxylic acids is 1. The third-order valence-electron chi connectivity index (χ3n) is 5.51. The third kappa shape index (κ3) is 5.89. The first-order valence-corrected chi connectivity index (χ1v) is 9.85. The molecule has 4 heteroatoms. The van der Waals surface area contributed by atoms with E-state index >= 15 is 0 Å². The number of aliphatic hydroxyl groups is 2. The standard InChI is InChI=1S/C20H34O4/c1-2-3-6-9-15-12-13-17-16(18(21)14-19(17)22)10-7-4-5-8-11-20(23)24-15/h12-13,15-19,21-22H,2-11,14H2,1H3/b13-12-/t15-,16+,17+,18-,19+/m0/s1. The summed E-state index contributed by atoms with van der Waals surface area (Å²) in [4.78, 5) is 12.0. The Kier molecular flexibility index (Phi) is 8.26. The molecular weight excluding hydrogens is 304 g/mol. The van der Waals surface area contributed by atoms with Crippen LogP contribution in [0, 0.1) is 11.8 Å². The van der Waals surface area contributed by atoms with Gasteiger partial charge in [-0.2, -0.15) is 0 Å². The Balaban J connectivity index is 2.07. The molecule has 0 aromatic carbocycles. The van der Waals surface area contributed by atoms with E-state index in [1.807, 2.05) is 12.2 Å². The van der Waals surface area contributed by atoms with E-state index in [0.717, 1.165) is 57.8 Å². The van der Waals surface area contributed by atoms with Crippen molar-refractivity contribution in [3.05, 3.63) is 12.2 Å². The van der Waals surface area contributed by atoms with E-state index in [1.54, 1.807) is 0 Å². The number of aliphatic hydroxyl groups excluding tert-OH is 2. The average Bonchev–Trinajstić information content (AvgIpc) is 2.81. The van der Waals surface area contributed by atoms with Gasteiger partial charge in [0, 0.05) is 18.8 Å².